The van der Waals surface area contributed by atoms with E-state index in [1.165, 1.54) is 12.4 Å². The van der Waals surface area contributed by atoms with Crippen molar-refractivity contribution in [2.75, 3.05) is 7.05 Å². The van der Waals surface area contributed by atoms with Gasteiger partial charge in [-0.05, 0) is 0 Å². The smallest absolute Gasteiger partial charge is 0.0668 e. The Kier molecular flexibility index (Phi) is 4.19. The highest BCUT2D eigenvalue weighted by Crippen LogP contribution is 1.44. The largest absolute Gasteiger partial charge is 0.323 e. The molecule has 7 heavy (non-hydrogen) atoms. The molecule has 0 atom stereocenters. The summed E-state index contributed by atoms with van der Waals surface area (Å²) < 4.78 is 0. The summed E-state index contributed by atoms with van der Waals surface area (Å²) in [4.78, 5) is 0. The van der Waals surface area contributed by atoms with E-state index >= 15 is 0 Å². The minimum absolute atomic E-state index is 1.39. The third-order valence-corrected chi connectivity index (χ3v) is 0.356. The average Bonchev–Trinajstić information content (AvgIpc) is 1.69. The minimum atomic E-state index is 1.39. The van der Waals surface area contributed by atoms with Crippen LogP contribution in [0.5, 0.6) is 0 Å². The first kappa shape index (κ1) is 5.94. The first-order chi connectivity index (χ1) is 3.41. The Balaban J connectivity index is 3.09. The van der Waals surface area contributed by atoms with Gasteiger partial charge in [0, 0.05) is 7.05 Å². The van der Waals surface area contributed by atoms with E-state index in [0.717, 1.165) is 0 Å². The lowest BCUT2D eigenvalue weighted by atomic mass is 10.8. The highest BCUT2D eigenvalue weighted by atomic mass is 15.3. The summed E-state index contributed by atoms with van der Waals surface area (Å²) in [5.41, 5.74) is 2.53. The van der Waals surface area contributed by atoms with Gasteiger partial charge in [-0.1, -0.05) is 0 Å². The van der Waals surface area contributed by atoms with Crippen LogP contribution >= 0.6 is 0 Å². The summed E-state index contributed by atoms with van der Waals surface area (Å²) in [6.07, 6.45) is 2.84. The predicted octanol–water partition coefficient (Wildman–Crippen LogP) is -0.864. The van der Waals surface area contributed by atoms with Crippen molar-refractivity contribution in [1.29, 1.82) is 0 Å². The molecule has 0 aliphatic carbocycles. The van der Waals surface area contributed by atoms with Crippen molar-refractivity contribution in [2.24, 2.45) is 16.0 Å². The van der Waals surface area contributed by atoms with Gasteiger partial charge in [0.15, 0.2) is 0 Å². The Labute approximate surface area is 42.1 Å². The first-order valence-electron chi connectivity index (χ1n) is 1.83. The zero-order chi connectivity index (χ0) is 5.54. The zero-order valence-corrected chi connectivity index (χ0v) is 4.13. The van der Waals surface area contributed by atoms with Crippen LogP contribution in [0.4, 0.5) is 0 Å². The molecule has 0 saturated heterocycles. The van der Waals surface area contributed by atoms with Crippen LogP contribution < -0.4 is 11.3 Å². The van der Waals surface area contributed by atoms with E-state index in [9.17, 15) is 0 Å². The molecule has 0 radical (unpaired) electrons. The van der Waals surface area contributed by atoms with Gasteiger partial charge in [-0.3, -0.25) is 0 Å². The summed E-state index contributed by atoms with van der Waals surface area (Å²) in [6, 6.07) is 0. The zero-order valence-electron chi connectivity index (χ0n) is 4.13. The molecule has 0 aliphatic rings. The number of hydrogen-bond donors (Lipinski definition) is 2. The Hall–Kier alpha value is -1.06. The minimum Gasteiger partial charge on any atom is -0.323 e. The molecule has 0 aliphatic heterocycles. The van der Waals surface area contributed by atoms with E-state index in [-0.39, 0.29) is 0 Å². The Bertz CT molecular complexity index is 75.0. The molecule has 0 unspecified atom stereocenters. The summed E-state index contributed by atoms with van der Waals surface area (Å²) in [5, 5.41) is 6.72. The lowest BCUT2D eigenvalue weighted by Gasteiger charge is -1.77. The molecule has 0 heterocycles. The normalized spacial score (nSPS) is 11.0. The number of nitrogens with one attached hydrogen (secondary N) is 1. The molecule has 4 nitrogen and oxygen atoms in total. The Morgan fingerprint density at radius 1 is 1.57 bits per heavy atom. The predicted molar refractivity (Wildman–Crippen MR) is 30.2 cm³/mol. The van der Waals surface area contributed by atoms with Crippen molar-refractivity contribution in [3.8, 4) is 0 Å². The maximum atomic E-state index is 4.72. The molecular weight excluding hydrogens is 92.1 g/mol. The third kappa shape index (κ3) is 4.94. The van der Waals surface area contributed by atoms with Gasteiger partial charge in [0.2, 0.25) is 0 Å². The van der Waals surface area contributed by atoms with Crippen molar-refractivity contribution >= 4 is 12.4 Å². The van der Waals surface area contributed by atoms with E-state index in [0.29, 0.717) is 0 Å². The van der Waals surface area contributed by atoms with Gasteiger partial charge >= 0.3 is 0 Å². The fraction of sp³-hybridized carbons (Fsp3) is 0.333. The van der Waals surface area contributed by atoms with E-state index < -0.39 is 0 Å². The van der Waals surface area contributed by atoms with Gasteiger partial charge in [-0.25, -0.2) is 0 Å². The van der Waals surface area contributed by atoms with Gasteiger partial charge in [0.1, 0.15) is 0 Å². The number of nitrogens with zero attached hydrogens (tertiary/aromatic N) is 2. The van der Waals surface area contributed by atoms with Crippen LogP contribution in [0, 0.1) is 0 Å². The molecule has 40 valence electrons. The van der Waals surface area contributed by atoms with Crippen molar-refractivity contribution in [3.63, 3.8) is 0 Å². The molecule has 0 rings (SSSR count). The van der Waals surface area contributed by atoms with Crippen LogP contribution in [0.25, 0.3) is 0 Å². The fourth-order valence-electron chi connectivity index (χ4n) is 0.146. The quantitative estimate of drug-likeness (QED) is 0.269. The maximum Gasteiger partial charge on any atom is 0.0668 e. The van der Waals surface area contributed by atoms with Gasteiger partial charge in [-0.15, -0.1) is 0 Å². The molecule has 0 amide bonds. The molecule has 0 saturated carbocycles. The number of nitrogens with two attached hydrogens (primary N) is 1. The monoisotopic (exact) mass is 100 g/mol. The van der Waals surface area contributed by atoms with Crippen molar-refractivity contribution in [2.45, 2.75) is 0 Å². The molecule has 4 heteroatoms. The van der Waals surface area contributed by atoms with Crippen molar-refractivity contribution in [1.82, 2.24) is 5.43 Å². The molecule has 0 aromatic rings. The second kappa shape index (κ2) is 4.94. The molecule has 0 aromatic carbocycles. The Morgan fingerprint density at radius 2 is 2.29 bits per heavy atom. The van der Waals surface area contributed by atoms with Gasteiger partial charge in [0.25, 0.3) is 0 Å². The van der Waals surface area contributed by atoms with Gasteiger partial charge < -0.3 is 11.3 Å². The second-order valence-electron chi connectivity index (χ2n) is 0.800. The molecule has 0 aromatic heterocycles. The van der Waals surface area contributed by atoms with Crippen LogP contribution in [0.3, 0.4) is 0 Å². The number of hydrazone groups is 2. The maximum absolute atomic E-state index is 4.72. The number of hydrogen-bond acceptors (Lipinski definition) is 4. The molecule has 0 spiro atoms. The molecule has 0 bridgehead atoms. The van der Waals surface area contributed by atoms with Gasteiger partial charge in [-0.2, -0.15) is 10.2 Å². The van der Waals surface area contributed by atoms with Crippen LogP contribution in [-0.4, -0.2) is 19.5 Å². The van der Waals surface area contributed by atoms with Crippen LogP contribution in [-0.2, 0) is 0 Å². The summed E-state index contributed by atoms with van der Waals surface area (Å²) >= 11 is 0. The standard InChI is InChI=1S/C3H8N4/c1-5-7-3-2-6-4/h2-3,5H,4H2,1H3/b6-2+,7-3+. The van der Waals surface area contributed by atoms with Crippen LogP contribution in [0.15, 0.2) is 10.2 Å². The van der Waals surface area contributed by atoms with E-state index in [2.05, 4.69) is 15.6 Å². The summed E-state index contributed by atoms with van der Waals surface area (Å²) in [7, 11) is 1.70. The lowest BCUT2D eigenvalue weighted by molar-refractivity contribution is 0.910. The van der Waals surface area contributed by atoms with Crippen LogP contribution in [0.2, 0.25) is 0 Å². The molecule has 0 fully saturated rings. The van der Waals surface area contributed by atoms with Crippen molar-refractivity contribution < 1.29 is 0 Å². The molecule has 3 N–H and O–H groups in total. The molecular formula is C3H8N4. The SMILES string of the molecule is CN/N=C/C=N/N. The van der Waals surface area contributed by atoms with E-state index in [1.807, 2.05) is 0 Å². The first-order valence-corrected chi connectivity index (χ1v) is 1.83. The lowest BCUT2D eigenvalue weighted by Crippen LogP contribution is -1.94. The summed E-state index contributed by atoms with van der Waals surface area (Å²) in [6.45, 7) is 0. The van der Waals surface area contributed by atoms with Crippen LogP contribution in [0.1, 0.15) is 0 Å². The highest BCUT2D eigenvalue weighted by molar-refractivity contribution is 6.15. The topological polar surface area (TPSA) is 62.8 Å². The third-order valence-electron chi connectivity index (χ3n) is 0.356. The average molecular weight is 100 g/mol. The fourth-order valence-corrected chi connectivity index (χ4v) is 0.146. The Morgan fingerprint density at radius 3 is 2.71 bits per heavy atom. The van der Waals surface area contributed by atoms with E-state index in [1.54, 1.807) is 7.05 Å². The second-order valence-corrected chi connectivity index (χ2v) is 0.800. The number of rotatable bonds is 2. The van der Waals surface area contributed by atoms with E-state index in [4.69, 9.17) is 5.84 Å². The highest BCUT2D eigenvalue weighted by Gasteiger charge is 1.55. The summed E-state index contributed by atoms with van der Waals surface area (Å²) in [5.74, 6) is 4.72. The van der Waals surface area contributed by atoms with Crippen molar-refractivity contribution in [3.05, 3.63) is 0 Å². The van der Waals surface area contributed by atoms with Gasteiger partial charge in [0.05, 0.1) is 12.4 Å².